The van der Waals surface area contributed by atoms with E-state index >= 15 is 0 Å². The maximum atomic E-state index is 11.8. The molecular weight excluding hydrogens is 282 g/mol. The second kappa shape index (κ2) is 5.15. The number of nitrogens with zero attached hydrogens (tertiary/aromatic N) is 1. The highest BCUT2D eigenvalue weighted by molar-refractivity contribution is 5.95. The first-order chi connectivity index (χ1) is 10.4. The molecule has 3 rings (SSSR count). The van der Waals surface area contributed by atoms with E-state index in [0.717, 1.165) is 0 Å². The number of fused-ring (bicyclic) bond motifs is 1. The molecule has 1 aromatic carbocycles. The molecule has 0 fully saturated rings. The highest BCUT2D eigenvalue weighted by Gasteiger charge is 2.45. The fraction of sp³-hybridized carbons (Fsp3) is 0.412. The summed E-state index contributed by atoms with van der Waals surface area (Å²) in [4.78, 5) is 11.8. The molecule has 0 bridgehead atoms. The van der Waals surface area contributed by atoms with Crippen molar-refractivity contribution in [3.8, 4) is 11.8 Å². The molecule has 1 aromatic rings. The first-order valence-electron chi connectivity index (χ1n) is 7.23. The number of carbonyl (C=O) groups is 1. The van der Waals surface area contributed by atoms with Crippen LogP contribution in [-0.2, 0) is 9.53 Å². The van der Waals surface area contributed by atoms with Crippen LogP contribution in [0.4, 0.5) is 0 Å². The average Bonchev–Trinajstić information content (AvgIpc) is 2.88. The van der Waals surface area contributed by atoms with Gasteiger partial charge in [0.15, 0.2) is 17.6 Å². The maximum absolute atomic E-state index is 11.8. The molecule has 22 heavy (non-hydrogen) atoms. The molecule has 5 nitrogen and oxygen atoms in total. The van der Waals surface area contributed by atoms with Crippen LogP contribution in [0, 0.1) is 11.3 Å². The standard InChI is InChI=1S/C17H17NO4/c1-17(2)16(20)15(21-14-5-3-4-12(14)19)11-8-10(9-18)6-7-13(11)22-17/h5-8,15-16,20H,3-4H2,1-2H3/t15-,16+/m1/s1. The Bertz CT molecular complexity index is 699. The van der Waals surface area contributed by atoms with Gasteiger partial charge in [0.2, 0.25) is 0 Å². The SMILES string of the molecule is CC1(C)Oc2ccc(C#N)cc2[C@@H](OC2=CCCC2=O)[C@@H]1O. The fourth-order valence-corrected chi connectivity index (χ4v) is 2.76. The Hall–Kier alpha value is -2.32. The highest BCUT2D eigenvalue weighted by atomic mass is 16.5. The summed E-state index contributed by atoms with van der Waals surface area (Å²) in [6.45, 7) is 3.53. The predicted octanol–water partition coefficient (Wildman–Crippen LogP) is 2.39. The molecule has 0 amide bonds. The number of nitriles is 1. The Morgan fingerprint density at radius 3 is 2.86 bits per heavy atom. The molecule has 2 aliphatic rings. The van der Waals surface area contributed by atoms with Gasteiger partial charge in [0.05, 0.1) is 11.6 Å². The van der Waals surface area contributed by atoms with Gasteiger partial charge in [0.25, 0.3) is 0 Å². The van der Waals surface area contributed by atoms with Crippen LogP contribution in [0.2, 0.25) is 0 Å². The van der Waals surface area contributed by atoms with Gasteiger partial charge in [0, 0.05) is 12.0 Å². The Morgan fingerprint density at radius 1 is 1.45 bits per heavy atom. The van der Waals surface area contributed by atoms with Gasteiger partial charge in [0.1, 0.15) is 17.5 Å². The van der Waals surface area contributed by atoms with Crippen molar-refractivity contribution in [2.45, 2.75) is 44.5 Å². The molecule has 1 heterocycles. The summed E-state index contributed by atoms with van der Waals surface area (Å²) in [5, 5.41) is 19.6. The number of ketones is 1. The van der Waals surface area contributed by atoms with Crippen molar-refractivity contribution < 1.29 is 19.4 Å². The zero-order valence-corrected chi connectivity index (χ0v) is 12.5. The van der Waals surface area contributed by atoms with E-state index < -0.39 is 17.8 Å². The van der Waals surface area contributed by atoms with E-state index in [4.69, 9.17) is 14.7 Å². The molecule has 0 aromatic heterocycles. The molecule has 0 saturated heterocycles. The van der Waals surface area contributed by atoms with Crippen molar-refractivity contribution in [1.29, 1.82) is 5.26 Å². The van der Waals surface area contributed by atoms with Crippen LogP contribution in [0.3, 0.4) is 0 Å². The number of allylic oxidation sites excluding steroid dienone is 2. The average molecular weight is 299 g/mol. The minimum Gasteiger partial charge on any atom is -0.485 e. The second-order valence-electron chi connectivity index (χ2n) is 6.08. The lowest BCUT2D eigenvalue weighted by molar-refractivity contribution is -0.133. The highest BCUT2D eigenvalue weighted by Crippen LogP contribution is 2.43. The normalized spacial score (nSPS) is 25.7. The topological polar surface area (TPSA) is 79.5 Å². The van der Waals surface area contributed by atoms with Gasteiger partial charge in [-0.1, -0.05) is 0 Å². The summed E-state index contributed by atoms with van der Waals surface area (Å²) in [6, 6.07) is 7.05. The van der Waals surface area contributed by atoms with Gasteiger partial charge in [-0.3, -0.25) is 4.79 Å². The predicted molar refractivity (Wildman–Crippen MR) is 78.0 cm³/mol. The summed E-state index contributed by atoms with van der Waals surface area (Å²) < 4.78 is 11.6. The van der Waals surface area contributed by atoms with Crippen molar-refractivity contribution >= 4 is 5.78 Å². The number of rotatable bonds is 2. The zero-order valence-electron chi connectivity index (χ0n) is 12.5. The van der Waals surface area contributed by atoms with Crippen LogP contribution in [0.25, 0.3) is 0 Å². The summed E-state index contributed by atoms with van der Waals surface area (Å²) in [5.74, 6) is 0.787. The van der Waals surface area contributed by atoms with Crippen LogP contribution in [0.1, 0.15) is 43.9 Å². The lowest BCUT2D eigenvalue weighted by Gasteiger charge is -2.41. The zero-order chi connectivity index (χ0) is 15.9. The Labute approximate surface area is 128 Å². The fourth-order valence-electron chi connectivity index (χ4n) is 2.76. The van der Waals surface area contributed by atoms with E-state index in [1.807, 2.05) is 0 Å². The van der Waals surface area contributed by atoms with Crippen LogP contribution in [0.15, 0.2) is 30.0 Å². The van der Waals surface area contributed by atoms with E-state index in [-0.39, 0.29) is 11.5 Å². The van der Waals surface area contributed by atoms with Gasteiger partial charge in [-0.15, -0.1) is 0 Å². The first-order valence-corrected chi connectivity index (χ1v) is 7.23. The van der Waals surface area contributed by atoms with Crippen LogP contribution in [-0.4, -0.2) is 22.6 Å². The summed E-state index contributed by atoms with van der Waals surface area (Å²) >= 11 is 0. The third kappa shape index (κ3) is 2.36. The largest absolute Gasteiger partial charge is 0.485 e. The van der Waals surface area contributed by atoms with Crippen molar-refractivity contribution in [2.75, 3.05) is 0 Å². The third-order valence-electron chi connectivity index (χ3n) is 4.05. The number of aliphatic hydroxyl groups excluding tert-OH is 1. The van der Waals surface area contributed by atoms with Gasteiger partial charge >= 0.3 is 0 Å². The molecule has 0 unspecified atom stereocenters. The van der Waals surface area contributed by atoms with Gasteiger partial charge in [-0.05, 0) is 44.5 Å². The molecule has 1 N–H and O–H groups in total. The molecule has 0 spiro atoms. The molecule has 0 radical (unpaired) electrons. The summed E-state index contributed by atoms with van der Waals surface area (Å²) in [6.07, 6.45) is 1.14. The van der Waals surface area contributed by atoms with Gasteiger partial charge < -0.3 is 14.6 Å². The number of hydrogen-bond donors (Lipinski definition) is 1. The van der Waals surface area contributed by atoms with E-state index in [2.05, 4.69) is 6.07 Å². The molecule has 5 heteroatoms. The molecule has 1 aliphatic carbocycles. The minimum absolute atomic E-state index is 0.0607. The van der Waals surface area contributed by atoms with Crippen molar-refractivity contribution in [2.24, 2.45) is 0 Å². The molecule has 0 saturated carbocycles. The smallest absolute Gasteiger partial charge is 0.197 e. The van der Waals surface area contributed by atoms with Crippen molar-refractivity contribution in [3.05, 3.63) is 41.2 Å². The molecule has 2 atom stereocenters. The monoisotopic (exact) mass is 299 g/mol. The van der Waals surface area contributed by atoms with Crippen LogP contribution >= 0.6 is 0 Å². The number of ether oxygens (including phenoxy) is 2. The number of hydrogen-bond acceptors (Lipinski definition) is 5. The molecule has 1 aliphatic heterocycles. The first kappa shape index (κ1) is 14.6. The van der Waals surface area contributed by atoms with E-state index in [9.17, 15) is 9.90 Å². The summed E-state index contributed by atoms with van der Waals surface area (Å²) in [5.41, 5.74) is 0.190. The number of aliphatic hydroxyl groups is 1. The van der Waals surface area contributed by atoms with Gasteiger partial charge in [-0.25, -0.2) is 0 Å². The van der Waals surface area contributed by atoms with E-state index in [1.54, 1.807) is 38.1 Å². The van der Waals surface area contributed by atoms with Gasteiger partial charge in [-0.2, -0.15) is 5.26 Å². The maximum Gasteiger partial charge on any atom is 0.197 e. The molecular formula is C17H17NO4. The minimum atomic E-state index is -0.955. The second-order valence-corrected chi connectivity index (χ2v) is 6.08. The number of benzene rings is 1. The Morgan fingerprint density at radius 2 is 2.23 bits per heavy atom. The Kier molecular flexibility index (Phi) is 3.42. The summed E-state index contributed by atoms with van der Waals surface area (Å²) in [7, 11) is 0. The molecule has 114 valence electrons. The van der Waals surface area contributed by atoms with E-state index in [0.29, 0.717) is 29.7 Å². The van der Waals surface area contributed by atoms with Crippen molar-refractivity contribution in [3.63, 3.8) is 0 Å². The van der Waals surface area contributed by atoms with Crippen molar-refractivity contribution in [1.82, 2.24) is 0 Å². The quantitative estimate of drug-likeness (QED) is 0.907. The number of carbonyl (C=O) groups excluding carboxylic acids is 1. The Balaban J connectivity index is 2.03. The lowest BCUT2D eigenvalue weighted by atomic mass is 9.87. The van der Waals surface area contributed by atoms with Crippen LogP contribution < -0.4 is 4.74 Å². The van der Waals surface area contributed by atoms with Crippen LogP contribution in [0.5, 0.6) is 5.75 Å². The third-order valence-corrected chi connectivity index (χ3v) is 4.05. The number of Topliss-reactive ketones (excluding diaryl/α,β-unsaturated/α-hetero) is 1. The van der Waals surface area contributed by atoms with E-state index in [1.165, 1.54) is 0 Å². The lowest BCUT2D eigenvalue weighted by Crippen LogP contribution is -2.49.